The monoisotopic (exact) mass is 593 g/mol. The van der Waals surface area contributed by atoms with Crippen LogP contribution in [0.1, 0.15) is 18.5 Å². The number of para-hydroxylation sites is 1. The number of imide groups is 1. The van der Waals surface area contributed by atoms with Gasteiger partial charge in [0.1, 0.15) is 29.8 Å². The van der Waals surface area contributed by atoms with E-state index in [4.69, 9.17) is 4.74 Å². The third-order valence-electron chi connectivity index (χ3n) is 6.98. The Bertz CT molecular complexity index is 1470. The van der Waals surface area contributed by atoms with E-state index in [0.717, 1.165) is 9.80 Å². The first-order chi connectivity index (χ1) is 20.2. The van der Waals surface area contributed by atoms with Crippen molar-refractivity contribution in [2.24, 2.45) is 0 Å². The summed E-state index contributed by atoms with van der Waals surface area (Å²) in [6.07, 6.45) is 0. The zero-order chi connectivity index (χ0) is 30.0. The number of hydrogen-bond donors (Lipinski definition) is 3. The van der Waals surface area contributed by atoms with Crippen molar-refractivity contribution < 1.29 is 38.6 Å². The SMILES string of the molecule is CC(=O)OCC1=C(C(=O)O)N2C(=O)C(NC(=O)C(NC(=O)N3CCN(c4ccccc4)C3=O)c3ccccc3)[C@@H]2SC1. The highest BCUT2D eigenvalue weighted by Gasteiger charge is 2.54. The van der Waals surface area contributed by atoms with Crippen LogP contribution in [-0.2, 0) is 23.9 Å². The number of nitrogens with zero attached hydrogens (tertiary/aromatic N) is 3. The zero-order valence-corrected chi connectivity index (χ0v) is 23.2. The molecule has 13 nitrogen and oxygen atoms in total. The Morgan fingerprint density at radius 3 is 2.33 bits per heavy atom. The summed E-state index contributed by atoms with van der Waals surface area (Å²) in [5, 5.41) is 14.3. The normalized spacial score (nSPS) is 20.5. The maximum atomic E-state index is 13.5. The molecule has 5 rings (SSSR count). The summed E-state index contributed by atoms with van der Waals surface area (Å²) in [4.78, 5) is 79.6. The lowest BCUT2D eigenvalue weighted by Gasteiger charge is -2.49. The van der Waals surface area contributed by atoms with Crippen molar-refractivity contribution in [3.8, 4) is 0 Å². The number of thioether (sulfide) groups is 1. The minimum Gasteiger partial charge on any atom is -0.477 e. The number of ether oxygens (including phenoxy) is 1. The maximum Gasteiger partial charge on any atom is 0.352 e. The number of nitrogens with one attached hydrogen (secondary N) is 2. The number of rotatable bonds is 8. The molecule has 3 N–H and O–H groups in total. The molecule has 2 aromatic rings. The van der Waals surface area contributed by atoms with Gasteiger partial charge in [-0.15, -0.1) is 11.8 Å². The number of aliphatic carboxylic acids is 1. The highest BCUT2D eigenvalue weighted by molar-refractivity contribution is 8.00. The molecule has 6 amide bonds. The van der Waals surface area contributed by atoms with Crippen molar-refractivity contribution in [2.45, 2.75) is 24.4 Å². The number of fused-ring (bicyclic) bond motifs is 1. The van der Waals surface area contributed by atoms with Crippen LogP contribution in [0.2, 0.25) is 0 Å². The molecule has 0 aromatic heterocycles. The van der Waals surface area contributed by atoms with Gasteiger partial charge >= 0.3 is 24.0 Å². The van der Waals surface area contributed by atoms with E-state index in [9.17, 15) is 33.9 Å². The fourth-order valence-electron chi connectivity index (χ4n) is 4.94. The number of carboxylic acids is 1. The number of β-lactam (4-membered cyclic amide) rings is 1. The van der Waals surface area contributed by atoms with Crippen molar-refractivity contribution >= 4 is 53.3 Å². The van der Waals surface area contributed by atoms with E-state index in [-0.39, 0.29) is 36.7 Å². The average Bonchev–Trinajstić information content (AvgIpc) is 3.38. The summed E-state index contributed by atoms with van der Waals surface area (Å²) in [7, 11) is 0. The molecule has 3 aliphatic rings. The number of carbonyl (C=O) groups is 6. The largest absolute Gasteiger partial charge is 0.477 e. The molecule has 3 atom stereocenters. The highest BCUT2D eigenvalue weighted by atomic mass is 32.2. The van der Waals surface area contributed by atoms with E-state index < -0.39 is 53.3 Å². The van der Waals surface area contributed by atoms with Crippen LogP contribution in [0.25, 0.3) is 0 Å². The molecule has 2 unspecified atom stereocenters. The number of benzene rings is 2. The number of anilines is 1. The molecule has 0 saturated carbocycles. The van der Waals surface area contributed by atoms with Gasteiger partial charge in [0.25, 0.3) is 5.91 Å². The molecule has 2 aromatic carbocycles. The fraction of sp³-hybridized carbons (Fsp3) is 0.286. The molecule has 2 fully saturated rings. The van der Waals surface area contributed by atoms with Crippen LogP contribution in [0.3, 0.4) is 0 Å². The van der Waals surface area contributed by atoms with Crippen LogP contribution in [0.15, 0.2) is 71.9 Å². The summed E-state index contributed by atoms with van der Waals surface area (Å²) in [6, 6.07) is 13.6. The Hall–Kier alpha value is -4.85. The Morgan fingerprint density at radius 2 is 1.69 bits per heavy atom. The molecule has 218 valence electrons. The third kappa shape index (κ3) is 5.52. The average molecular weight is 594 g/mol. The van der Waals surface area contributed by atoms with E-state index in [2.05, 4.69) is 10.6 Å². The number of urea groups is 2. The van der Waals surface area contributed by atoms with Crippen LogP contribution < -0.4 is 15.5 Å². The topological polar surface area (TPSA) is 166 Å². The van der Waals surface area contributed by atoms with Gasteiger partial charge in [-0.3, -0.25) is 24.2 Å². The van der Waals surface area contributed by atoms with Gasteiger partial charge in [-0.1, -0.05) is 48.5 Å². The van der Waals surface area contributed by atoms with Gasteiger partial charge in [0, 0.05) is 30.5 Å². The number of amides is 6. The second-order valence-electron chi connectivity index (χ2n) is 9.65. The van der Waals surface area contributed by atoms with E-state index in [1.54, 1.807) is 54.6 Å². The predicted molar refractivity (Wildman–Crippen MR) is 150 cm³/mol. The number of carboxylic acid groups (broad SMARTS) is 1. The third-order valence-corrected chi connectivity index (χ3v) is 8.32. The smallest absolute Gasteiger partial charge is 0.352 e. The predicted octanol–water partition coefficient (Wildman–Crippen LogP) is 1.68. The van der Waals surface area contributed by atoms with Crippen molar-refractivity contribution in [3.63, 3.8) is 0 Å². The Balaban J connectivity index is 1.30. The van der Waals surface area contributed by atoms with Gasteiger partial charge in [0.2, 0.25) is 5.91 Å². The van der Waals surface area contributed by atoms with Crippen LogP contribution in [0.4, 0.5) is 15.3 Å². The molecule has 2 saturated heterocycles. The van der Waals surface area contributed by atoms with Crippen molar-refractivity contribution in [1.82, 2.24) is 20.4 Å². The van der Waals surface area contributed by atoms with E-state index >= 15 is 0 Å². The van der Waals surface area contributed by atoms with E-state index in [0.29, 0.717) is 11.3 Å². The number of carbonyl (C=O) groups excluding carboxylic acids is 5. The minimum absolute atomic E-state index is 0.109. The molecule has 3 aliphatic heterocycles. The van der Waals surface area contributed by atoms with Crippen LogP contribution in [0, 0.1) is 0 Å². The summed E-state index contributed by atoms with van der Waals surface area (Å²) < 4.78 is 4.94. The minimum atomic E-state index is -1.35. The van der Waals surface area contributed by atoms with E-state index in [1.807, 2.05) is 6.07 Å². The molecule has 14 heteroatoms. The molecule has 42 heavy (non-hydrogen) atoms. The summed E-state index contributed by atoms with van der Waals surface area (Å²) in [5.74, 6) is -3.12. The molecule has 0 aliphatic carbocycles. The lowest BCUT2D eigenvalue weighted by molar-refractivity contribution is -0.151. The summed E-state index contributed by atoms with van der Waals surface area (Å²) >= 11 is 1.22. The van der Waals surface area contributed by atoms with Crippen molar-refractivity contribution in [2.75, 3.05) is 30.3 Å². The number of esters is 1. The van der Waals surface area contributed by atoms with Crippen molar-refractivity contribution in [1.29, 1.82) is 0 Å². The van der Waals surface area contributed by atoms with Crippen LogP contribution in [0.5, 0.6) is 0 Å². The van der Waals surface area contributed by atoms with Crippen molar-refractivity contribution in [3.05, 3.63) is 77.5 Å². The van der Waals surface area contributed by atoms with Gasteiger partial charge in [-0.2, -0.15) is 0 Å². The Labute approximate surface area is 244 Å². The Morgan fingerprint density at radius 1 is 1.02 bits per heavy atom. The highest BCUT2D eigenvalue weighted by Crippen LogP contribution is 2.40. The molecule has 0 bridgehead atoms. The fourth-order valence-corrected chi connectivity index (χ4v) is 6.27. The first-order valence-electron chi connectivity index (χ1n) is 13.0. The van der Waals surface area contributed by atoms with Crippen LogP contribution >= 0.6 is 11.8 Å². The van der Waals surface area contributed by atoms with Gasteiger partial charge in [-0.05, 0) is 17.7 Å². The van der Waals surface area contributed by atoms with Gasteiger partial charge < -0.3 is 20.5 Å². The molecule has 0 radical (unpaired) electrons. The standard InChI is InChI=1S/C28H27N5O8S/c1-16(34)41-14-18-15-42-25-21(24(36)33(25)22(18)26(37)38)29-23(35)20(17-8-4-2-5-9-17)30-27(39)32-13-12-31(28(32)40)19-10-6-3-7-11-19/h2-11,20-21,25H,12-15H2,1H3,(H,29,35)(H,30,39)(H,37,38)/t20?,21?,25-/m0/s1. The molecular formula is C28H27N5O8S. The summed E-state index contributed by atoms with van der Waals surface area (Å²) in [6.45, 7) is 1.32. The first-order valence-corrected chi connectivity index (χ1v) is 14.1. The molecular weight excluding hydrogens is 566 g/mol. The second kappa shape index (κ2) is 11.9. The zero-order valence-electron chi connectivity index (χ0n) is 22.4. The van der Waals surface area contributed by atoms with Gasteiger partial charge in [0.05, 0.1) is 6.54 Å². The van der Waals surface area contributed by atoms with E-state index in [1.165, 1.54) is 23.6 Å². The van der Waals surface area contributed by atoms with Gasteiger partial charge in [0.15, 0.2) is 0 Å². The Kier molecular flexibility index (Phi) is 8.15. The maximum absolute atomic E-state index is 13.5. The first kappa shape index (κ1) is 28.7. The second-order valence-corrected chi connectivity index (χ2v) is 10.8. The summed E-state index contributed by atoms with van der Waals surface area (Å²) in [5.41, 5.74) is 1.05. The van der Waals surface area contributed by atoms with Gasteiger partial charge in [-0.25, -0.2) is 19.3 Å². The molecule has 0 spiro atoms. The lowest BCUT2D eigenvalue weighted by atomic mass is 10.0. The molecule has 3 heterocycles. The quantitative estimate of drug-likeness (QED) is 0.305. The van der Waals surface area contributed by atoms with Crippen LogP contribution in [-0.4, -0.2) is 87.6 Å². The number of hydrogen-bond acceptors (Lipinski definition) is 8. The lowest BCUT2D eigenvalue weighted by Crippen LogP contribution is -2.71.